The van der Waals surface area contributed by atoms with Crippen LogP contribution in [0.4, 0.5) is 5.69 Å². The van der Waals surface area contributed by atoms with E-state index < -0.39 is 11.0 Å². The molecule has 0 aromatic carbocycles. The van der Waals surface area contributed by atoms with Gasteiger partial charge in [-0.05, 0) is 26.9 Å². The zero-order valence-electron chi connectivity index (χ0n) is 13.0. The third-order valence-corrected chi connectivity index (χ3v) is 3.49. The van der Waals surface area contributed by atoms with Gasteiger partial charge in [-0.2, -0.15) is 5.10 Å². The average molecular weight is 297 g/mol. The molecule has 0 saturated heterocycles. The van der Waals surface area contributed by atoms with Crippen molar-refractivity contribution >= 4 is 11.6 Å². The third kappa shape index (κ3) is 4.52. The van der Waals surface area contributed by atoms with Crippen molar-refractivity contribution in [1.29, 1.82) is 0 Å². The van der Waals surface area contributed by atoms with Crippen molar-refractivity contribution < 1.29 is 9.72 Å². The molecule has 0 aliphatic rings. The van der Waals surface area contributed by atoms with Gasteiger partial charge in [-0.15, -0.1) is 0 Å². The molecule has 0 aliphatic carbocycles. The number of rotatable bonds is 8. The molecule has 1 aromatic heterocycles. The summed E-state index contributed by atoms with van der Waals surface area (Å²) in [6.07, 6.45) is 1.30. The Bertz CT molecular complexity index is 496. The molecule has 1 N–H and O–H groups in total. The minimum atomic E-state index is -0.575. The van der Waals surface area contributed by atoms with Crippen molar-refractivity contribution in [1.82, 2.24) is 20.0 Å². The van der Waals surface area contributed by atoms with E-state index in [1.807, 2.05) is 0 Å². The molecule has 0 fully saturated rings. The Balaban J connectivity index is 2.58. The third-order valence-electron chi connectivity index (χ3n) is 3.49. The lowest BCUT2D eigenvalue weighted by Gasteiger charge is -2.19. The molecule has 8 nitrogen and oxygen atoms in total. The number of nitro groups is 1. The van der Waals surface area contributed by atoms with Crippen LogP contribution in [0.25, 0.3) is 0 Å². The lowest BCUT2D eigenvalue weighted by atomic mass is 10.3. The number of nitrogens with one attached hydrogen (secondary N) is 1. The molecule has 0 bridgehead atoms. The van der Waals surface area contributed by atoms with Gasteiger partial charge in [-0.3, -0.25) is 19.6 Å². The summed E-state index contributed by atoms with van der Waals surface area (Å²) in [6, 6.07) is -0.575. The first-order chi connectivity index (χ1) is 9.90. The summed E-state index contributed by atoms with van der Waals surface area (Å²) in [6.45, 7) is 10.6. The molecule has 1 rings (SSSR count). The van der Waals surface area contributed by atoms with Crippen molar-refractivity contribution in [2.75, 3.05) is 26.2 Å². The topological polar surface area (TPSA) is 93.3 Å². The van der Waals surface area contributed by atoms with Crippen LogP contribution in [0.1, 0.15) is 32.5 Å². The molecular formula is C13H23N5O3. The number of hydrogen-bond donors (Lipinski definition) is 1. The minimum Gasteiger partial charge on any atom is -0.353 e. The number of nitrogens with zero attached hydrogens (tertiary/aromatic N) is 4. The molecule has 0 radical (unpaired) electrons. The number of hydrogen-bond acceptors (Lipinski definition) is 5. The fourth-order valence-corrected chi connectivity index (χ4v) is 1.99. The van der Waals surface area contributed by atoms with Crippen LogP contribution < -0.4 is 5.32 Å². The van der Waals surface area contributed by atoms with Crippen LogP contribution in [0.5, 0.6) is 0 Å². The quantitative estimate of drug-likeness (QED) is 0.573. The Labute approximate surface area is 124 Å². The maximum Gasteiger partial charge on any atom is 0.309 e. The number of amides is 1. The van der Waals surface area contributed by atoms with Gasteiger partial charge < -0.3 is 10.2 Å². The van der Waals surface area contributed by atoms with Crippen LogP contribution >= 0.6 is 0 Å². The number of aryl methyl sites for hydroxylation is 1. The number of carbonyl (C=O) groups excluding carboxylic acids is 1. The summed E-state index contributed by atoms with van der Waals surface area (Å²) in [5.74, 6) is -0.195. The van der Waals surface area contributed by atoms with Gasteiger partial charge in [-0.1, -0.05) is 13.8 Å². The molecule has 1 heterocycles. The van der Waals surface area contributed by atoms with E-state index in [1.165, 1.54) is 10.9 Å². The lowest BCUT2D eigenvalue weighted by Crippen LogP contribution is -2.37. The van der Waals surface area contributed by atoms with E-state index in [0.29, 0.717) is 12.2 Å². The van der Waals surface area contributed by atoms with Gasteiger partial charge in [0.2, 0.25) is 5.91 Å². The van der Waals surface area contributed by atoms with E-state index in [-0.39, 0.29) is 11.6 Å². The van der Waals surface area contributed by atoms with E-state index in [2.05, 4.69) is 29.2 Å². The zero-order chi connectivity index (χ0) is 16.0. The van der Waals surface area contributed by atoms with Crippen molar-refractivity contribution in [3.63, 3.8) is 0 Å². The fourth-order valence-electron chi connectivity index (χ4n) is 1.99. The van der Waals surface area contributed by atoms with Crippen molar-refractivity contribution in [3.8, 4) is 0 Å². The molecule has 0 saturated carbocycles. The lowest BCUT2D eigenvalue weighted by molar-refractivity contribution is -0.385. The summed E-state index contributed by atoms with van der Waals surface area (Å²) < 4.78 is 1.33. The summed E-state index contributed by atoms with van der Waals surface area (Å²) in [5.41, 5.74) is 0.237. The summed E-state index contributed by atoms with van der Waals surface area (Å²) in [7, 11) is 0. The molecule has 1 unspecified atom stereocenters. The van der Waals surface area contributed by atoms with Gasteiger partial charge in [0, 0.05) is 13.1 Å². The minimum absolute atomic E-state index is 0.0715. The molecule has 1 amide bonds. The van der Waals surface area contributed by atoms with Crippen LogP contribution in [0.3, 0.4) is 0 Å². The van der Waals surface area contributed by atoms with E-state index in [1.54, 1.807) is 13.8 Å². The summed E-state index contributed by atoms with van der Waals surface area (Å²) in [5, 5.41) is 17.6. The molecule has 0 spiro atoms. The Morgan fingerprint density at radius 3 is 2.62 bits per heavy atom. The highest BCUT2D eigenvalue weighted by Gasteiger charge is 2.21. The van der Waals surface area contributed by atoms with Crippen molar-refractivity contribution in [3.05, 3.63) is 22.0 Å². The second-order valence-electron chi connectivity index (χ2n) is 4.83. The molecule has 1 atom stereocenters. The van der Waals surface area contributed by atoms with Crippen LogP contribution in [0, 0.1) is 17.0 Å². The van der Waals surface area contributed by atoms with Gasteiger partial charge >= 0.3 is 5.69 Å². The SMILES string of the molecule is CCN(CC)CCNC(=O)C(C)n1cc([N+](=O)[O-])c(C)n1. The maximum absolute atomic E-state index is 12.0. The number of aromatic nitrogens is 2. The summed E-state index contributed by atoms with van der Waals surface area (Å²) >= 11 is 0. The first-order valence-corrected chi connectivity index (χ1v) is 7.10. The van der Waals surface area contributed by atoms with E-state index in [4.69, 9.17) is 0 Å². The Hall–Kier alpha value is -1.96. The molecular weight excluding hydrogens is 274 g/mol. The molecule has 21 heavy (non-hydrogen) atoms. The van der Waals surface area contributed by atoms with Gasteiger partial charge in [0.1, 0.15) is 17.9 Å². The number of likely N-dealkylation sites (N-methyl/N-ethyl adjacent to an activating group) is 1. The molecule has 1 aromatic rings. The van der Waals surface area contributed by atoms with E-state index in [9.17, 15) is 14.9 Å². The predicted molar refractivity (Wildman–Crippen MR) is 79.1 cm³/mol. The van der Waals surface area contributed by atoms with Gasteiger partial charge in [0.25, 0.3) is 0 Å². The van der Waals surface area contributed by atoms with E-state index in [0.717, 1.165) is 19.6 Å². The summed E-state index contributed by atoms with van der Waals surface area (Å²) in [4.78, 5) is 24.5. The Kier molecular flexibility index (Phi) is 6.29. The van der Waals surface area contributed by atoms with Crippen molar-refractivity contribution in [2.45, 2.75) is 33.7 Å². The molecule has 0 aliphatic heterocycles. The normalized spacial score (nSPS) is 12.4. The average Bonchev–Trinajstić information content (AvgIpc) is 2.84. The van der Waals surface area contributed by atoms with E-state index >= 15 is 0 Å². The second-order valence-corrected chi connectivity index (χ2v) is 4.83. The highest BCUT2D eigenvalue weighted by molar-refractivity contribution is 5.79. The fraction of sp³-hybridized carbons (Fsp3) is 0.692. The number of carbonyl (C=O) groups is 1. The molecule has 8 heteroatoms. The standard InChI is InChI=1S/C13H23N5O3/c1-5-16(6-2)8-7-14-13(19)11(4)17-9-12(18(20)21)10(3)15-17/h9,11H,5-8H2,1-4H3,(H,14,19). The highest BCUT2D eigenvalue weighted by atomic mass is 16.6. The van der Waals surface area contributed by atoms with Crippen molar-refractivity contribution in [2.24, 2.45) is 0 Å². The maximum atomic E-state index is 12.0. The van der Waals surface area contributed by atoms with Gasteiger partial charge in [0.15, 0.2) is 0 Å². The Morgan fingerprint density at radius 1 is 1.52 bits per heavy atom. The monoisotopic (exact) mass is 297 g/mol. The first-order valence-electron chi connectivity index (χ1n) is 7.10. The second kappa shape index (κ2) is 7.72. The van der Waals surface area contributed by atoms with Crippen LogP contribution in [-0.2, 0) is 4.79 Å². The largest absolute Gasteiger partial charge is 0.353 e. The Morgan fingerprint density at radius 2 is 2.14 bits per heavy atom. The van der Waals surface area contributed by atoms with Crippen LogP contribution in [0.15, 0.2) is 6.20 Å². The highest BCUT2D eigenvalue weighted by Crippen LogP contribution is 2.18. The molecule has 118 valence electrons. The predicted octanol–water partition coefficient (Wildman–Crippen LogP) is 1.12. The van der Waals surface area contributed by atoms with Crippen LogP contribution in [0.2, 0.25) is 0 Å². The zero-order valence-corrected chi connectivity index (χ0v) is 13.0. The van der Waals surface area contributed by atoms with Crippen LogP contribution in [-0.4, -0.2) is 51.7 Å². The smallest absolute Gasteiger partial charge is 0.309 e. The van der Waals surface area contributed by atoms with Gasteiger partial charge in [0.05, 0.1) is 4.92 Å². The van der Waals surface area contributed by atoms with Gasteiger partial charge in [-0.25, -0.2) is 0 Å². The first kappa shape index (κ1) is 17.1.